The van der Waals surface area contributed by atoms with E-state index in [-0.39, 0.29) is 45.7 Å². The molecule has 12 heteroatoms. The van der Waals surface area contributed by atoms with Crippen LogP contribution in [-0.2, 0) is 4.79 Å². The zero-order valence-electron chi connectivity index (χ0n) is 16.5. The third-order valence-corrected chi connectivity index (χ3v) is 4.70. The summed E-state index contributed by atoms with van der Waals surface area (Å²) in [6.45, 7) is 0.0788. The highest BCUT2D eigenvalue weighted by molar-refractivity contribution is 6.37. The van der Waals surface area contributed by atoms with Crippen LogP contribution in [0.5, 0.6) is 5.75 Å². The van der Waals surface area contributed by atoms with Gasteiger partial charge in [-0.25, -0.2) is 9.59 Å². The minimum atomic E-state index is -0.798. The van der Waals surface area contributed by atoms with Crippen LogP contribution in [0.25, 0.3) is 5.69 Å². The van der Waals surface area contributed by atoms with Gasteiger partial charge in [0.25, 0.3) is 5.56 Å². The summed E-state index contributed by atoms with van der Waals surface area (Å²) in [5.74, 6) is 1.49. The quantitative estimate of drug-likeness (QED) is 0.363. The standard InChI is InChI=1S/C15H13Cl2N5O4.C4H8O/c1-19-8(7-23)3-2-4-26-12-10(16)5-9(6-11(12)17)22-15(25)20-14(24)13(18)21-22;5-4-2-1-3-4/h2-3,5-6,19H,4H2,1H3,(H2,18,21)(H,20,24,25);4-5H,1-3H2/b3-2-;. The van der Waals surface area contributed by atoms with Gasteiger partial charge in [-0.3, -0.25) is 9.78 Å². The van der Waals surface area contributed by atoms with Crippen LogP contribution in [0, 0.1) is 0 Å². The molecular formula is C19H21Cl2N5O5. The summed E-state index contributed by atoms with van der Waals surface area (Å²) in [6.07, 6.45) is 6.43. The lowest BCUT2D eigenvalue weighted by Crippen LogP contribution is -2.33. The second-order valence-corrected chi connectivity index (χ2v) is 7.17. The van der Waals surface area contributed by atoms with E-state index in [0.717, 1.165) is 17.5 Å². The third kappa shape index (κ3) is 6.73. The first kappa shape index (κ1) is 24.2. The Kier molecular flexibility index (Phi) is 8.89. The molecule has 1 fully saturated rings. The number of aliphatic hydroxyl groups excluding tert-OH is 1. The Morgan fingerprint density at radius 2 is 2.03 bits per heavy atom. The molecule has 1 saturated carbocycles. The number of hydrogen-bond donors (Lipinski definition) is 4. The Bertz CT molecular complexity index is 1090. The van der Waals surface area contributed by atoms with Crippen LogP contribution in [0.2, 0.25) is 10.0 Å². The molecule has 166 valence electrons. The minimum absolute atomic E-state index is 0.0648. The number of nitrogens with two attached hydrogens (primary N) is 1. The molecule has 2 aromatic rings. The molecule has 3 rings (SSSR count). The van der Waals surface area contributed by atoms with Crippen LogP contribution in [0.4, 0.5) is 5.82 Å². The number of aromatic amines is 1. The van der Waals surface area contributed by atoms with Gasteiger partial charge in [0.05, 0.1) is 21.8 Å². The second kappa shape index (κ2) is 11.4. The minimum Gasteiger partial charge on any atom is -0.486 e. The molecule has 5 N–H and O–H groups in total. The number of likely N-dealkylation sites (N-methyl/N-ethyl adjacent to an activating group) is 1. The van der Waals surface area contributed by atoms with Gasteiger partial charge in [-0.05, 0) is 43.5 Å². The number of anilines is 1. The predicted octanol–water partition coefficient (Wildman–Crippen LogP) is 1.21. The van der Waals surface area contributed by atoms with Crippen LogP contribution >= 0.6 is 23.2 Å². The fraction of sp³-hybridized carbons (Fsp3) is 0.316. The largest absolute Gasteiger partial charge is 0.486 e. The smallest absolute Gasteiger partial charge is 0.349 e. The fourth-order valence-electron chi connectivity index (χ4n) is 2.25. The van der Waals surface area contributed by atoms with E-state index in [1.165, 1.54) is 24.6 Å². The van der Waals surface area contributed by atoms with Gasteiger partial charge in [0.2, 0.25) is 5.82 Å². The van der Waals surface area contributed by atoms with Crippen molar-refractivity contribution in [2.75, 3.05) is 19.4 Å². The number of ether oxygens (including phenoxy) is 1. The topological polar surface area (TPSA) is 152 Å². The van der Waals surface area contributed by atoms with Crippen molar-refractivity contribution in [1.29, 1.82) is 0 Å². The van der Waals surface area contributed by atoms with Gasteiger partial charge in [-0.2, -0.15) is 4.68 Å². The summed E-state index contributed by atoms with van der Waals surface area (Å²) in [5.41, 5.74) is 4.27. The lowest BCUT2D eigenvalue weighted by Gasteiger charge is -2.17. The van der Waals surface area contributed by atoms with Crippen molar-refractivity contribution in [3.8, 4) is 11.4 Å². The molecule has 0 saturated heterocycles. The summed E-state index contributed by atoms with van der Waals surface area (Å²) >= 11 is 12.3. The average molecular weight is 470 g/mol. The number of nitrogens with zero attached hydrogens (tertiary/aromatic N) is 2. The molecule has 0 unspecified atom stereocenters. The van der Waals surface area contributed by atoms with Crippen LogP contribution in [0.1, 0.15) is 19.3 Å². The molecule has 0 spiro atoms. The highest BCUT2D eigenvalue weighted by Gasteiger charge is 2.13. The van der Waals surface area contributed by atoms with Crippen molar-refractivity contribution in [3.05, 3.63) is 60.9 Å². The first-order valence-electron chi connectivity index (χ1n) is 9.15. The Morgan fingerprint density at radius 1 is 1.42 bits per heavy atom. The van der Waals surface area contributed by atoms with Crippen molar-refractivity contribution in [2.24, 2.45) is 0 Å². The van der Waals surface area contributed by atoms with Gasteiger partial charge in [0, 0.05) is 7.05 Å². The van der Waals surface area contributed by atoms with Gasteiger partial charge < -0.3 is 20.9 Å². The lowest BCUT2D eigenvalue weighted by atomic mass is 9.97. The normalized spacial score (nSPS) is 13.0. The van der Waals surface area contributed by atoms with Crippen molar-refractivity contribution >= 4 is 35.0 Å². The van der Waals surface area contributed by atoms with Gasteiger partial charge >= 0.3 is 5.69 Å². The summed E-state index contributed by atoms with van der Waals surface area (Å²) in [7, 11) is 1.58. The number of nitrogen functional groups attached to an aromatic ring is 1. The number of hydrogen-bond acceptors (Lipinski definition) is 8. The van der Waals surface area contributed by atoms with E-state index in [2.05, 4.69) is 10.4 Å². The monoisotopic (exact) mass is 469 g/mol. The van der Waals surface area contributed by atoms with E-state index in [9.17, 15) is 14.4 Å². The van der Waals surface area contributed by atoms with Crippen molar-refractivity contribution < 1.29 is 14.6 Å². The highest BCUT2D eigenvalue weighted by atomic mass is 35.5. The number of rotatable bonds is 6. The Labute approximate surface area is 186 Å². The van der Waals surface area contributed by atoms with Gasteiger partial charge in [0.1, 0.15) is 18.2 Å². The van der Waals surface area contributed by atoms with Crippen LogP contribution in [0.3, 0.4) is 0 Å². The predicted molar refractivity (Wildman–Crippen MR) is 118 cm³/mol. The number of aromatic nitrogens is 3. The van der Waals surface area contributed by atoms with Gasteiger partial charge in [-0.15, -0.1) is 5.10 Å². The summed E-state index contributed by atoms with van der Waals surface area (Å²) in [6, 6.07) is 2.76. The maximum atomic E-state index is 11.9. The Balaban J connectivity index is 0.000000597. The molecular weight excluding hydrogens is 449 g/mol. The highest BCUT2D eigenvalue weighted by Crippen LogP contribution is 2.35. The van der Waals surface area contributed by atoms with E-state index in [4.69, 9.17) is 38.8 Å². The summed E-state index contributed by atoms with van der Waals surface area (Å²) < 4.78 is 6.31. The molecule has 0 atom stereocenters. The molecule has 0 amide bonds. The summed E-state index contributed by atoms with van der Waals surface area (Å²) in [4.78, 5) is 35.7. The van der Waals surface area contributed by atoms with E-state index in [1.807, 2.05) is 4.98 Å². The molecule has 0 radical (unpaired) electrons. The zero-order valence-corrected chi connectivity index (χ0v) is 18.0. The van der Waals surface area contributed by atoms with Crippen molar-refractivity contribution in [2.45, 2.75) is 25.4 Å². The SMILES string of the molecule is CNC(=C=O)/C=C\COc1c(Cl)cc(-n2nc(N)c(=O)[nH]c2=O)cc1Cl.OC1CCC1. The van der Waals surface area contributed by atoms with E-state index < -0.39 is 11.2 Å². The fourth-order valence-corrected chi connectivity index (χ4v) is 2.83. The molecule has 1 aliphatic carbocycles. The molecule has 1 aromatic carbocycles. The maximum absolute atomic E-state index is 11.9. The number of aliphatic hydroxyl groups is 1. The van der Waals surface area contributed by atoms with E-state index in [0.29, 0.717) is 0 Å². The molecule has 31 heavy (non-hydrogen) atoms. The van der Waals surface area contributed by atoms with E-state index in [1.54, 1.807) is 19.1 Å². The van der Waals surface area contributed by atoms with Crippen molar-refractivity contribution in [1.82, 2.24) is 20.1 Å². The zero-order chi connectivity index (χ0) is 23.0. The molecule has 0 bridgehead atoms. The number of halogens is 2. The number of carbonyl (C=O) groups excluding carboxylic acids is 1. The first-order valence-corrected chi connectivity index (χ1v) is 9.91. The Morgan fingerprint density at radius 3 is 2.52 bits per heavy atom. The van der Waals surface area contributed by atoms with Gasteiger partial charge in [-0.1, -0.05) is 23.2 Å². The van der Waals surface area contributed by atoms with Crippen LogP contribution in [0.15, 0.2) is 39.6 Å². The number of nitrogens with one attached hydrogen (secondary N) is 2. The number of H-pyrrole nitrogens is 1. The van der Waals surface area contributed by atoms with E-state index >= 15 is 0 Å². The Hall–Kier alpha value is -3.04. The first-order chi connectivity index (χ1) is 14.8. The molecule has 10 nitrogen and oxygen atoms in total. The van der Waals surface area contributed by atoms with Crippen LogP contribution < -0.4 is 27.0 Å². The maximum Gasteiger partial charge on any atom is 0.349 e. The van der Waals surface area contributed by atoms with Crippen LogP contribution in [-0.4, -0.2) is 45.6 Å². The number of benzene rings is 1. The molecule has 0 aliphatic heterocycles. The van der Waals surface area contributed by atoms with Crippen molar-refractivity contribution in [3.63, 3.8) is 0 Å². The second-order valence-electron chi connectivity index (χ2n) is 6.36. The summed E-state index contributed by atoms with van der Waals surface area (Å²) in [5, 5.41) is 15.0. The lowest BCUT2D eigenvalue weighted by molar-refractivity contribution is 0.0950. The number of allylic oxidation sites excluding steroid dienone is 1. The molecule has 1 aliphatic rings. The van der Waals surface area contributed by atoms with Gasteiger partial charge in [0.15, 0.2) is 5.75 Å². The average Bonchev–Trinajstić information content (AvgIpc) is 2.71. The molecule has 1 heterocycles. The molecule has 1 aromatic heterocycles. The third-order valence-electron chi connectivity index (χ3n) is 4.14.